The molecule has 0 fully saturated rings. The highest BCUT2D eigenvalue weighted by Gasteiger charge is 2.41. The summed E-state index contributed by atoms with van der Waals surface area (Å²) in [6, 6.07) is 18.4. The van der Waals surface area contributed by atoms with Crippen LogP contribution in [0.4, 0.5) is 5.69 Å². The lowest BCUT2D eigenvalue weighted by Gasteiger charge is -2.36. The van der Waals surface area contributed by atoms with Crippen LogP contribution in [0.2, 0.25) is 0 Å². The number of allylic oxidation sites excluding steroid dienone is 3. The van der Waals surface area contributed by atoms with Gasteiger partial charge in [0.2, 0.25) is 0 Å². The van der Waals surface area contributed by atoms with Crippen molar-refractivity contribution in [1.29, 1.82) is 0 Å². The molecule has 5 nitrogen and oxygen atoms in total. The third kappa shape index (κ3) is 4.32. The first-order chi connectivity index (χ1) is 16.0. The summed E-state index contributed by atoms with van der Waals surface area (Å²) in [6.45, 7) is 8.00. The Labute approximate surface area is 196 Å². The lowest BCUT2D eigenvalue weighted by atomic mass is 9.71. The molecule has 0 saturated heterocycles. The monoisotopic (exact) mass is 444 g/mol. The summed E-state index contributed by atoms with van der Waals surface area (Å²) >= 11 is 0. The first-order valence-corrected chi connectivity index (χ1v) is 11.7. The highest BCUT2D eigenvalue weighted by Crippen LogP contribution is 2.45. The lowest BCUT2D eigenvalue weighted by Crippen LogP contribution is -2.36. The minimum Gasteiger partial charge on any atom is -0.466 e. The predicted molar refractivity (Wildman–Crippen MR) is 131 cm³/mol. The van der Waals surface area contributed by atoms with E-state index < -0.39 is 11.9 Å². The van der Waals surface area contributed by atoms with Crippen molar-refractivity contribution in [1.82, 2.24) is 5.32 Å². The van der Waals surface area contributed by atoms with Crippen LogP contribution in [-0.4, -0.2) is 32.0 Å². The quantitative estimate of drug-likeness (QED) is 0.631. The van der Waals surface area contributed by atoms with Crippen LogP contribution >= 0.6 is 0 Å². The average molecular weight is 445 g/mol. The Bertz CT molecular complexity index is 1100. The van der Waals surface area contributed by atoms with Crippen LogP contribution < -0.4 is 10.2 Å². The van der Waals surface area contributed by atoms with Crippen LogP contribution in [0.15, 0.2) is 77.1 Å². The van der Waals surface area contributed by atoms with Crippen LogP contribution in [0.1, 0.15) is 56.6 Å². The largest absolute Gasteiger partial charge is 0.466 e. The fraction of sp³-hybridized carbons (Fsp3) is 0.357. The van der Waals surface area contributed by atoms with E-state index in [0.29, 0.717) is 17.6 Å². The number of benzene rings is 2. The Morgan fingerprint density at radius 2 is 1.67 bits per heavy atom. The van der Waals surface area contributed by atoms with Gasteiger partial charge in [0.15, 0.2) is 5.78 Å². The molecule has 0 amide bonds. The maximum absolute atomic E-state index is 13.5. The number of carbonyl (C=O) groups excluding carboxylic acids is 2. The molecule has 2 unspecified atom stereocenters. The zero-order chi connectivity index (χ0) is 23.5. The fourth-order valence-corrected chi connectivity index (χ4v) is 5.18. The predicted octanol–water partition coefficient (Wildman–Crippen LogP) is 5.07. The van der Waals surface area contributed by atoms with Gasteiger partial charge in [-0.3, -0.25) is 4.79 Å². The summed E-state index contributed by atoms with van der Waals surface area (Å²) in [4.78, 5) is 28.7. The van der Waals surface area contributed by atoms with E-state index in [2.05, 4.69) is 48.3 Å². The Kier molecular flexibility index (Phi) is 6.68. The number of hydrogen-bond donors (Lipinski definition) is 1. The van der Waals surface area contributed by atoms with Gasteiger partial charge in [0, 0.05) is 48.1 Å². The van der Waals surface area contributed by atoms with Gasteiger partial charge in [-0.1, -0.05) is 42.5 Å². The molecule has 0 bridgehead atoms. The molecule has 1 aliphatic heterocycles. The second-order valence-electron chi connectivity index (χ2n) is 8.68. The van der Waals surface area contributed by atoms with Crippen molar-refractivity contribution in [3.63, 3.8) is 0 Å². The number of nitrogens with zero attached hydrogens (tertiary/aromatic N) is 1. The van der Waals surface area contributed by atoms with Crippen molar-refractivity contribution in [2.45, 2.75) is 45.4 Å². The number of esters is 1. The minimum absolute atomic E-state index is 0.0873. The molecule has 2 aromatic carbocycles. The number of ketones is 1. The molecule has 172 valence electrons. The van der Waals surface area contributed by atoms with Crippen molar-refractivity contribution in [2.24, 2.45) is 0 Å². The molecule has 1 N–H and O–H groups in total. The van der Waals surface area contributed by atoms with E-state index in [4.69, 9.17) is 4.74 Å². The van der Waals surface area contributed by atoms with Crippen LogP contribution in [0.25, 0.3) is 0 Å². The van der Waals surface area contributed by atoms with Gasteiger partial charge in [0.05, 0.1) is 12.7 Å². The number of dihydropyridines is 1. The molecule has 33 heavy (non-hydrogen) atoms. The molecule has 0 radical (unpaired) electrons. The first-order valence-electron chi connectivity index (χ1n) is 11.7. The molecule has 2 aromatic rings. The maximum Gasteiger partial charge on any atom is 0.336 e. The number of carbonyl (C=O) groups is 2. The Morgan fingerprint density at radius 3 is 2.27 bits per heavy atom. The second-order valence-corrected chi connectivity index (χ2v) is 8.68. The van der Waals surface area contributed by atoms with E-state index in [1.54, 1.807) is 0 Å². The van der Waals surface area contributed by atoms with E-state index in [1.807, 2.05) is 37.3 Å². The summed E-state index contributed by atoms with van der Waals surface area (Å²) in [6.07, 6.45) is 1.18. The van der Waals surface area contributed by atoms with Crippen molar-refractivity contribution in [3.05, 3.63) is 88.3 Å². The molecule has 2 atom stereocenters. The van der Waals surface area contributed by atoms with Crippen molar-refractivity contribution in [2.75, 3.05) is 25.1 Å². The summed E-state index contributed by atoms with van der Waals surface area (Å²) < 4.78 is 5.14. The van der Waals surface area contributed by atoms with E-state index >= 15 is 0 Å². The van der Waals surface area contributed by atoms with Crippen molar-refractivity contribution < 1.29 is 14.3 Å². The third-order valence-electron chi connectivity index (χ3n) is 6.86. The highest BCUT2D eigenvalue weighted by atomic mass is 16.5. The SMILES string of the molecule is CCN(CC)c1ccc(C2C(C(=O)OC)=C(C)NC3=C2C(=O)CC(c2ccccc2)C3)cc1. The Hall–Kier alpha value is -3.34. The van der Waals surface area contributed by atoms with Crippen LogP contribution in [0, 0.1) is 0 Å². The van der Waals surface area contributed by atoms with Crippen LogP contribution in [0.5, 0.6) is 0 Å². The van der Waals surface area contributed by atoms with Crippen molar-refractivity contribution in [3.8, 4) is 0 Å². The minimum atomic E-state index is -0.427. The molecule has 2 aliphatic rings. The summed E-state index contributed by atoms with van der Waals surface area (Å²) in [5, 5.41) is 3.39. The second kappa shape index (κ2) is 9.65. The van der Waals surface area contributed by atoms with E-state index in [9.17, 15) is 9.59 Å². The number of Topliss-reactive ketones (excluding diaryl/α,β-unsaturated/α-hetero) is 1. The van der Waals surface area contributed by atoms with Gasteiger partial charge in [-0.05, 0) is 56.4 Å². The average Bonchev–Trinajstić information content (AvgIpc) is 2.84. The topological polar surface area (TPSA) is 58.6 Å². The maximum atomic E-state index is 13.5. The number of nitrogens with one attached hydrogen (secondary N) is 1. The fourth-order valence-electron chi connectivity index (χ4n) is 5.18. The smallest absolute Gasteiger partial charge is 0.336 e. The molecular formula is C28H32N2O3. The summed E-state index contributed by atoms with van der Waals surface area (Å²) in [7, 11) is 1.39. The zero-order valence-electron chi connectivity index (χ0n) is 19.9. The van der Waals surface area contributed by atoms with Gasteiger partial charge >= 0.3 is 5.97 Å². The number of hydrogen-bond acceptors (Lipinski definition) is 5. The molecule has 0 spiro atoms. The van der Waals surface area contributed by atoms with E-state index in [-0.39, 0.29) is 11.7 Å². The van der Waals surface area contributed by atoms with Gasteiger partial charge in [-0.25, -0.2) is 4.79 Å². The van der Waals surface area contributed by atoms with Gasteiger partial charge in [-0.2, -0.15) is 0 Å². The lowest BCUT2D eigenvalue weighted by molar-refractivity contribution is -0.136. The molecule has 1 aliphatic carbocycles. The van der Waals surface area contributed by atoms with Crippen LogP contribution in [0.3, 0.4) is 0 Å². The Balaban J connectivity index is 1.77. The number of ether oxygens (including phenoxy) is 1. The van der Waals surface area contributed by atoms with Gasteiger partial charge in [0.1, 0.15) is 0 Å². The summed E-state index contributed by atoms with van der Waals surface area (Å²) in [5.41, 5.74) is 6.11. The molecule has 0 saturated carbocycles. The van der Waals surface area contributed by atoms with Gasteiger partial charge < -0.3 is 15.0 Å². The molecule has 0 aromatic heterocycles. The molecule has 5 heteroatoms. The summed E-state index contributed by atoms with van der Waals surface area (Å²) in [5.74, 6) is -0.613. The molecule has 4 rings (SSSR count). The van der Waals surface area contributed by atoms with Crippen LogP contribution in [-0.2, 0) is 14.3 Å². The standard InChI is InChI=1S/C28H32N2O3/c1-5-30(6-2)22-14-12-20(13-15-22)26-25(28(32)33-4)18(3)29-23-16-21(17-24(31)27(23)26)19-10-8-7-9-11-19/h7-15,21,26,29H,5-6,16-17H2,1-4H3. The number of rotatable bonds is 6. The number of methoxy groups -OCH3 is 1. The molecule has 1 heterocycles. The number of anilines is 1. The zero-order valence-corrected chi connectivity index (χ0v) is 19.9. The normalized spacial score (nSPS) is 20.3. The van der Waals surface area contributed by atoms with Gasteiger partial charge in [0.25, 0.3) is 0 Å². The molecular weight excluding hydrogens is 412 g/mol. The van der Waals surface area contributed by atoms with Gasteiger partial charge in [-0.15, -0.1) is 0 Å². The highest BCUT2D eigenvalue weighted by molar-refractivity contribution is 6.04. The third-order valence-corrected chi connectivity index (χ3v) is 6.86. The van der Waals surface area contributed by atoms with Crippen molar-refractivity contribution >= 4 is 17.4 Å². The van der Waals surface area contributed by atoms with E-state index in [1.165, 1.54) is 12.7 Å². The Morgan fingerprint density at radius 1 is 1.00 bits per heavy atom. The van der Waals surface area contributed by atoms with E-state index in [0.717, 1.165) is 42.2 Å². The first kappa shape index (κ1) is 22.8.